The number of benzene rings is 1. The summed E-state index contributed by atoms with van der Waals surface area (Å²) in [6.45, 7) is 3.00. The fourth-order valence-corrected chi connectivity index (χ4v) is 1.89. The van der Waals surface area contributed by atoms with Crippen LogP contribution in [0.15, 0.2) is 54.9 Å². The van der Waals surface area contributed by atoms with Gasteiger partial charge in [0.1, 0.15) is 12.4 Å². The zero-order valence-corrected chi connectivity index (χ0v) is 12.9. The molecule has 0 aliphatic heterocycles. The molecular weight excluding hydrogens is 276 g/mol. The highest BCUT2D eigenvalue weighted by Crippen LogP contribution is 2.15. The van der Waals surface area contributed by atoms with E-state index in [1.807, 2.05) is 43.3 Å². The lowest BCUT2D eigenvalue weighted by Crippen LogP contribution is -2.29. The molecule has 114 valence electrons. The lowest BCUT2D eigenvalue weighted by atomic mass is 10.2. The minimum atomic E-state index is -0.0581. The summed E-state index contributed by atoms with van der Waals surface area (Å²) in [5, 5.41) is 0. The van der Waals surface area contributed by atoms with E-state index in [1.165, 1.54) is 0 Å². The molecule has 0 radical (unpaired) electrons. The maximum Gasteiger partial charge on any atom is 0.246 e. The molecule has 1 amide bonds. The van der Waals surface area contributed by atoms with Crippen LogP contribution in [-0.4, -0.2) is 36.0 Å². The van der Waals surface area contributed by atoms with Gasteiger partial charge in [0.25, 0.3) is 0 Å². The summed E-state index contributed by atoms with van der Waals surface area (Å²) in [5.41, 5.74) is 1.99. The number of hydrogen-bond acceptors (Lipinski definition) is 3. The molecule has 4 heteroatoms. The molecule has 1 aromatic heterocycles. The molecule has 2 aromatic rings. The second-order valence-electron chi connectivity index (χ2n) is 4.99. The van der Waals surface area contributed by atoms with Crippen LogP contribution in [0, 0.1) is 6.92 Å². The van der Waals surface area contributed by atoms with Gasteiger partial charge in [0, 0.05) is 25.5 Å². The summed E-state index contributed by atoms with van der Waals surface area (Å²) in [6.07, 6.45) is 6.72. The third-order valence-corrected chi connectivity index (χ3v) is 3.26. The Morgan fingerprint density at radius 2 is 2.09 bits per heavy atom. The zero-order valence-electron chi connectivity index (χ0n) is 12.9. The van der Waals surface area contributed by atoms with Crippen LogP contribution in [0.5, 0.6) is 5.75 Å². The summed E-state index contributed by atoms with van der Waals surface area (Å²) < 4.78 is 5.69. The summed E-state index contributed by atoms with van der Waals surface area (Å²) in [5.74, 6) is 0.798. The quantitative estimate of drug-likeness (QED) is 0.770. The van der Waals surface area contributed by atoms with E-state index < -0.39 is 0 Å². The van der Waals surface area contributed by atoms with Gasteiger partial charge in [0.2, 0.25) is 5.91 Å². The van der Waals surface area contributed by atoms with Crippen molar-refractivity contribution in [1.29, 1.82) is 0 Å². The fourth-order valence-electron chi connectivity index (χ4n) is 1.89. The molecule has 1 aromatic carbocycles. The molecule has 0 saturated carbocycles. The summed E-state index contributed by atoms with van der Waals surface area (Å²) >= 11 is 0. The topological polar surface area (TPSA) is 42.4 Å². The van der Waals surface area contributed by atoms with E-state index >= 15 is 0 Å². The maximum absolute atomic E-state index is 12.0. The Bertz CT molecular complexity index is 639. The molecule has 0 unspecified atom stereocenters. The van der Waals surface area contributed by atoms with E-state index in [9.17, 15) is 4.79 Å². The van der Waals surface area contributed by atoms with Gasteiger partial charge in [-0.15, -0.1) is 0 Å². The maximum atomic E-state index is 12.0. The largest absolute Gasteiger partial charge is 0.491 e. The molecule has 0 aliphatic carbocycles. The smallest absolute Gasteiger partial charge is 0.246 e. The Morgan fingerprint density at radius 3 is 2.82 bits per heavy atom. The Morgan fingerprint density at radius 1 is 1.27 bits per heavy atom. The zero-order chi connectivity index (χ0) is 15.8. The molecule has 22 heavy (non-hydrogen) atoms. The molecular formula is C18H20N2O2. The Balaban J connectivity index is 1.79. The van der Waals surface area contributed by atoms with Crippen LogP contribution in [0.4, 0.5) is 0 Å². The molecule has 1 heterocycles. The second kappa shape index (κ2) is 7.98. The van der Waals surface area contributed by atoms with Crippen molar-refractivity contribution in [3.63, 3.8) is 0 Å². The molecule has 4 nitrogen and oxygen atoms in total. The molecule has 0 bridgehead atoms. The van der Waals surface area contributed by atoms with Gasteiger partial charge in [-0.25, -0.2) is 0 Å². The van der Waals surface area contributed by atoms with Crippen LogP contribution >= 0.6 is 0 Å². The number of amides is 1. The van der Waals surface area contributed by atoms with Crippen molar-refractivity contribution >= 4 is 12.0 Å². The highest BCUT2D eigenvalue weighted by Gasteiger charge is 2.05. The number of hydrogen-bond donors (Lipinski definition) is 0. The monoisotopic (exact) mass is 296 g/mol. The van der Waals surface area contributed by atoms with Crippen molar-refractivity contribution < 1.29 is 9.53 Å². The van der Waals surface area contributed by atoms with E-state index in [-0.39, 0.29) is 5.91 Å². The predicted molar refractivity (Wildman–Crippen MR) is 87.6 cm³/mol. The molecule has 2 rings (SSSR count). The van der Waals surface area contributed by atoms with Crippen molar-refractivity contribution in [1.82, 2.24) is 9.88 Å². The van der Waals surface area contributed by atoms with Gasteiger partial charge in [-0.05, 0) is 36.3 Å². The molecule has 0 atom stereocenters. The number of para-hydroxylation sites is 1. The van der Waals surface area contributed by atoms with Crippen LogP contribution in [0.25, 0.3) is 6.08 Å². The molecule has 0 saturated heterocycles. The number of carbonyl (C=O) groups excluding carboxylic acids is 1. The Labute approximate surface area is 131 Å². The highest BCUT2D eigenvalue weighted by atomic mass is 16.5. The van der Waals surface area contributed by atoms with Crippen LogP contribution in [0.3, 0.4) is 0 Å². The van der Waals surface area contributed by atoms with Gasteiger partial charge in [0.15, 0.2) is 0 Å². The first-order valence-electron chi connectivity index (χ1n) is 7.18. The first-order valence-corrected chi connectivity index (χ1v) is 7.18. The number of rotatable bonds is 6. The summed E-state index contributed by atoms with van der Waals surface area (Å²) in [7, 11) is 1.76. The summed E-state index contributed by atoms with van der Waals surface area (Å²) in [4.78, 5) is 17.6. The number of aryl methyl sites for hydroxylation is 1. The van der Waals surface area contributed by atoms with Gasteiger partial charge < -0.3 is 9.64 Å². The number of aromatic nitrogens is 1. The van der Waals surface area contributed by atoms with E-state index in [4.69, 9.17) is 4.74 Å². The number of carbonyl (C=O) groups is 1. The number of ether oxygens (including phenoxy) is 1. The van der Waals surface area contributed by atoms with E-state index in [0.717, 1.165) is 16.9 Å². The lowest BCUT2D eigenvalue weighted by molar-refractivity contribution is -0.125. The standard InChI is InChI=1S/C18H20N2O2/c1-15-6-3-4-8-17(15)22-13-12-20(2)18(21)10-9-16-7-5-11-19-14-16/h3-11,14H,12-13H2,1-2H3/b10-9+. The lowest BCUT2D eigenvalue weighted by Gasteiger charge is -2.16. The van der Waals surface area contributed by atoms with Crippen molar-refractivity contribution in [2.75, 3.05) is 20.2 Å². The summed E-state index contributed by atoms with van der Waals surface area (Å²) in [6, 6.07) is 11.6. The third kappa shape index (κ3) is 4.74. The van der Waals surface area contributed by atoms with Crippen LogP contribution in [0.1, 0.15) is 11.1 Å². The van der Waals surface area contributed by atoms with Gasteiger partial charge in [-0.1, -0.05) is 24.3 Å². The molecule has 0 fully saturated rings. The van der Waals surface area contributed by atoms with Gasteiger partial charge >= 0.3 is 0 Å². The van der Waals surface area contributed by atoms with E-state index in [0.29, 0.717) is 13.2 Å². The van der Waals surface area contributed by atoms with Crippen molar-refractivity contribution in [2.45, 2.75) is 6.92 Å². The van der Waals surface area contributed by atoms with Crippen LogP contribution in [-0.2, 0) is 4.79 Å². The second-order valence-corrected chi connectivity index (χ2v) is 4.99. The fraction of sp³-hybridized carbons (Fsp3) is 0.222. The third-order valence-electron chi connectivity index (χ3n) is 3.26. The SMILES string of the molecule is Cc1ccccc1OCCN(C)C(=O)/C=C/c1cccnc1. The van der Waals surface area contributed by atoms with E-state index in [2.05, 4.69) is 4.98 Å². The van der Waals surface area contributed by atoms with Gasteiger partial charge in [-0.3, -0.25) is 9.78 Å². The first-order chi connectivity index (χ1) is 10.7. The normalized spacial score (nSPS) is 10.6. The average molecular weight is 296 g/mol. The minimum absolute atomic E-state index is 0.0581. The van der Waals surface area contributed by atoms with Gasteiger partial charge in [0.05, 0.1) is 6.54 Å². The predicted octanol–water partition coefficient (Wildman–Crippen LogP) is 2.94. The van der Waals surface area contributed by atoms with Crippen LogP contribution in [0.2, 0.25) is 0 Å². The Hall–Kier alpha value is -2.62. The number of likely N-dealkylation sites (N-methyl/N-ethyl adjacent to an activating group) is 1. The van der Waals surface area contributed by atoms with Crippen LogP contribution < -0.4 is 4.74 Å². The van der Waals surface area contributed by atoms with Crippen molar-refractivity contribution in [3.8, 4) is 5.75 Å². The molecule has 0 aliphatic rings. The van der Waals surface area contributed by atoms with Crippen molar-refractivity contribution in [2.24, 2.45) is 0 Å². The number of pyridine rings is 1. The first kappa shape index (κ1) is 15.8. The average Bonchev–Trinajstić information content (AvgIpc) is 2.55. The molecule has 0 spiro atoms. The minimum Gasteiger partial charge on any atom is -0.491 e. The van der Waals surface area contributed by atoms with Gasteiger partial charge in [-0.2, -0.15) is 0 Å². The Kier molecular flexibility index (Phi) is 5.72. The van der Waals surface area contributed by atoms with Crippen molar-refractivity contribution in [3.05, 3.63) is 66.0 Å². The molecule has 0 N–H and O–H groups in total. The number of nitrogens with zero attached hydrogens (tertiary/aromatic N) is 2. The highest BCUT2D eigenvalue weighted by molar-refractivity contribution is 5.91. The van der Waals surface area contributed by atoms with E-state index in [1.54, 1.807) is 36.5 Å².